The van der Waals surface area contributed by atoms with Crippen LogP contribution in [0.25, 0.3) is 11.1 Å². The van der Waals surface area contributed by atoms with Crippen molar-refractivity contribution in [2.45, 2.75) is 45.1 Å². The topological polar surface area (TPSA) is 125 Å². The molecule has 0 aliphatic heterocycles. The maximum absolute atomic E-state index is 12.2. The van der Waals surface area contributed by atoms with Gasteiger partial charge in [0.25, 0.3) is 0 Å². The van der Waals surface area contributed by atoms with E-state index in [4.69, 9.17) is 9.84 Å². The van der Waals surface area contributed by atoms with Crippen molar-refractivity contribution >= 4 is 18.0 Å². The zero-order chi connectivity index (χ0) is 25.4. The highest BCUT2D eigenvalue weighted by Gasteiger charge is 2.29. The molecule has 2 aromatic carbocycles. The van der Waals surface area contributed by atoms with Crippen LogP contribution in [-0.2, 0) is 14.3 Å². The van der Waals surface area contributed by atoms with Crippen molar-refractivity contribution in [1.82, 2.24) is 10.6 Å². The van der Waals surface area contributed by atoms with Crippen molar-refractivity contribution < 1.29 is 29.3 Å². The molecule has 1 unspecified atom stereocenters. The highest BCUT2D eigenvalue weighted by atomic mass is 16.5. The molecule has 2 atom stereocenters. The molecule has 2 aromatic rings. The number of hydrogen-bond acceptors (Lipinski definition) is 5. The molecule has 8 heteroatoms. The van der Waals surface area contributed by atoms with Crippen LogP contribution < -0.4 is 10.6 Å². The van der Waals surface area contributed by atoms with Gasteiger partial charge in [-0.3, -0.25) is 9.59 Å². The molecule has 35 heavy (non-hydrogen) atoms. The van der Waals surface area contributed by atoms with Crippen LogP contribution in [0.1, 0.15) is 50.2 Å². The summed E-state index contributed by atoms with van der Waals surface area (Å²) in [6, 6.07) is 16.1. The van der Waals surface area contributed by atoms with Gasteiger partial charge in [-0.15, -0.1) is 0 Å². The number of ether oxygens (including phenoxy) is 1. The number of rotatable bonds is 12. The molecule has 0 saturated heterocycles. The van der Waals surface area contributed by atoms with E-state index in [1.165, 1.54) is 0 Å². The Kier molecular flexibility index (Phi) is 9.25. The first kappa shape index (κ1) is 26.2. The van der Waals surface area contributed by atoms with Gasteiger partial charge in [0, 0.05) is 25.4 Å². The van der Waals surface area contributed by atoms with E-state index in [0.717, 1.165) is 22.3 Å². The molecule has 0 aromatic heterocycles. The number of nitrogens with one attached hydrogen (secondary N) is 2. The number of carbonyl (C=O) groups excluding carboxylic acids is 2. The number of hydrogen-bond donors (Lipinski definition) is 4. The molecule has 0 radical (unpaired) electrons. The van der Waals surface area contributed by atoms with E-state index in [0.29, 0.717) is 12.3 Å². The largest absolute Gasteiger partial charge is 0.481 e. The molecule has 1 aliphatic carbocycles. The summed E-state index contributed by atoms with van der Waals surface area (Å²) in [4.78, 5) is 35.4. The maximum Gasteiger partial charge on any atom is 0.407 e. The number of alkyl carbamates (subject to hydrolysis) is 1. The van der Waals surface area contributed by atoms with Gasteiger partial charge in [-0.25, -0.2) is 4.79 Å². The van der Waals surface area contributed by atoms with Gasteiger partial charge in [-0.05, 0) is 40.5 Å². The fraction of sp³-hybridized carbons (Fsp3) is 0.444. The molecule has 0 heterocycles. The summed E-state index contributed by atoms with van der Waals surface area (Å²) < 4.78 is 5.43. The highest BCUT2D eigenvalue weighted by molar-refractivity contribution is 5.79. The third-order valence-corrected chi connectivity index (χ3v) is 6.10. The smallest absolute Gasteiger partial charge is 0.407 e. The SMILES string of the molecule is CC(C)C[C@H](CNC(=O)CC(O)CNC(=O)OCC1c2ccccc2-c2ccccc21)CC(=O)O. The maximum atomic E-state index is 12.2. The fourth-order valence-corrected chi connectivity index (χ4v) is 4.62. The van der Waals surface area contributed by atoms with E-state index in [1.54, 1.807) is 0 Å². The second-order valence-electron chi connectivity index (χ2n) is 9.46. The van der Waals surface area contributed by atoms with Gasteiger partial charge in [0.2, 0.25) is 5.91 Å². The third kappa shape index (κ3) is 7.55. The highest BCUT2D eigenvalue weighted by Crippen LogP contribution is 2.44. The summed E-state index contributed by atoms with van der Waals surface area (Å²) in [6.45, 7) is 4.26. The van der Waals surface area contributed by atoms with Crippen LogP contribution in [-0.4, -0.2) is 54.0 Å². The molecule has 3 rings (SSSR count). The quantitative estimate of drug-likeness (QED) is 0.367. The Labute approximate surface area is 205 Å². The Morgan fingerprint density at radius 2 is 1.51 bits per heavy atom. The molecule has 0 bridgehead atoms. The van der Waals surface area contributed by atoms with E-state index in [9.17, 15) is 19.5 Å². The van der Waals surface area contributed by atoms with E-state index in [1.807, 2.05) is 50.2 Å². The Bertz CT molecular complexity index is 992. The van der Waals surface area contributed by atoms with E-state index < -0.39 is 24.1 Å². The predicted molar refractivity (Wildman–Crippen MR) is 132 cm³/mol. The van der Waals surface area contributed by atoms with E-state index in [2.05, 4.69) is 22.8 Å². The number of benzene rings is 2. The lowest BCUT2D eigenvalue weighted by molar-refractivity contribution is -0.138. The summed E-state index contributed by atoms with van der Waals surface area (Å²) in [5, 5.41) is 24.4. The number of amides is 2. The molecule has 0 saturated carbocycles. The first-order valence-electron chi connectivity index (χ1n) is 12.0. The van der Waals surface area contributed by atoms with Gasteiger partial charge < -0.3 is 25.6 Å². The monoisotopic (exact) mass is 482 g/mol. The first-order valence-corrected chi connectivity index (χ1v) is 12.0. The summed E-state index contributed by atoms with van der Waals surface area (Å²) >= 11 is 0. The number of carbonyl (C=O) groups is 3. The summed E-state index contributed by atoms with van der Waals surface area (Å²) in [5.74, 6) is -1.23. The number of aliphatic carboxylic acids is 1. The summed E-state index contributed by atoms with van der Waals surface area (Å²) in [5.41, 5.74) is 4.49. The third-order valence-electron chi connectivity index (χ3n) is 6.10. The van der Waals surface area contributed by atoms with Gasteiger partial charge in [0.05, 0.1) is 12.5 Å². The lowest BCUT2D eigenvalue weighted by atomic mass is 9.94. The van der Waals surface area contributed by atoms with Crippen molar-refractivity contribution in [3.05, 3.63) is 59.7 Å². The molecule has 1 aliphatic rings. The fourth-order valence-electron chi connectivity index (χ4n) is 4.62. The van der Waals surface area contributed by atoms with Gasteiger partial charge in [-0.1, -0.05) is 62.4 Å². The van der Waals surface area contributed by atoms with Crippen LogP contribution >= 0.6 is 0 Å². The van der Waals surface area contributed by atoms with Crippen molar-refractivity contribution in [1.29, 1.82) is 0 Å². The van der Waals surface area contributed by atoms with E-state index >= 15 is 0 Å². The summed E-state index contributed by atoms with van der Waals surface area (Å²) in [7, 11) is 0. The molecule has 0 spiro atoms. The van der Waals surface area contributed by atoms with Crippen LogP contribution in [0, 0.1) is 11.8 Å². The lowest BCUT2D eigenvalue weighted by Crippen LogP contribution is -2.38. The number of carboxylic acid groups (broad SMARTS) is 1. The van der Waals surface area contributed by atoms with Crippen molar-refractivity contribution in [2.24, 2.45) is 11.8 Å². The van der Waals surface area contributed by atoms with Crippen molar-refractivity contribution in [3.8, 4) is 11.1 Å². The normalized spacial score (nSPS) is 14.1. The Morgan fingerprint density at radius 3 is 2.09 bits per heavy atom. The standard InChI is InChI=1S/C27H34N2O6/c1-17(2)11-18(12-26(32)33)14-28-25(31)13-19(30)15-29-27(34)35-16-24-22-9-5-3-7-20(22)21-8-4-6-10-23(21)24/h3-10,17-19,24,30H,11-16H2,1-2H3,(H,28,31)(H,29,34)(H,32,33)/t18-,19?/m0/s1. The molecule has 2 amide bonds. The number of aliphatic hydroxyl groups is 1. The first-order chi connectivity index (χ1) is 16.7. The van der Waals surface area contributed by atoms with Crippen molar-refractivity contribution in [2.75, 3.05) is 19.7 Å². The van der Waals surface area contributed by atoms with Crippen LogP contribution in [0.3, 0.4) is 0 Å². The molecule has 188 valence electrons. The second kappa shape index (κ2) is 12.4. The van der Waals surface area contributed by atoms with Crippen molar-refractivity contribution in [3.63, 3.8) is 0 Å². The Morgan fingerprint density at radius 1 is 0.914 bits per heavy atom. The molecule has 8 nitrogen and oxygen atoms in total. The van der Waals surface area contributed by atoms with Gasteiger partial charge in [0.1, 0.15) is 6.61 Å². The van der Waals surface area contributed by atoms with Gasteiger partial charge in [-0.2, -0.15) is 0 Å². The Balaban J connectivity index is 1.41. The average molecular weight is 483 g/mol. The van der Waals surface area contributed by atoms with Gasteiger partial charge in [0.15, 0.2) is 0 Å². The molecule has 0 fully saturated rings. The molecular formula is C27H34N2O6. The minimum absolute atomic E-state index is 0.0235. The Hall–Kier alpha value is -3.39. The minimum atomic E-state index is -1.08. The lowest BCUT2D eigenvalue weighted by Gasteiger charge is -2.19. The zero-order valence-corrected chi connectivity index (χ0v) is 20.2. The van der Waals surface area contributed by atoms with Crippen LogP contribution in [0.15, 0.2) is 48.5 Å². The number of fused-ring (bicyclic) bond motifs is 3. The van der Waals surface area contributed by atoms with Crippen LogP contribution in [0.5, 0.6) is 0 Å². The van der Waals surface area contributed by atoms with Gasteiger partial charge >= 0.3 is 12.1 Å². The predicted octanol–water partition coefficient (Wildman–Crippen LogP) is 3.53. The molecular weight excluding hydrogens is 448 g/mol. The zero-order valence-electron chi connectivity index (χ0n) is 20.2. The van der Waals surface area contributed by atoms with Crippen LogP contribution in [0.2, 0.25) is 0 Å². The van der Waals surface area contributed by atoms with E-state index in [-0.39, 0.29) is 44.4 Å². The minimum Gasteiger partial charge on any atom is -0.481 e. The second-order valence-corrected chi connectivity index (χ2v) is 9.46. The number of aliphatic hydroxyl groups excluding tert-OH is 1. The van der Waals surface area contributed by atoms with Crippen LogP contribution in [0.4, 0.5) is 4.79 Å². The number of carboxylic acids is 1. The molecule has 4 N–H and O–H groups in total. The summed E-state index contributed by atoms with van der Waals surface area (Å²) in [6.07, 6.45) is -1.29. The average Bonchev–Trinajstić information content (AvgIpc) is 3.13.